The van der Waals surface area contributed by atoms with Crippen molar-refractivity contribution < 1.29 is 4.74 Å². The van der Waals surface area contributed by atoms with E-state index in [2.05, 4.69) is 9.97 Å². The molecule has 0 aliphatic rings. The lowest BCUT2D eigenvalue weighted by molar-refractivity contribution is 0.461. The molecule has 0 aliphatic heterocycles. The maximum absolute atomic E-state index is 6.02. The lowest BCUT2D eigenvalue weighted by Crippen LogP contribution is -1.93. The Morgan fingerprint density at radius 1 is 1.06 bits per heavy atom. The van der Waals surface area contributed by atoms with Gasteiger partial charge in [0, 0.05) is 11.8 Å². The molecule has 2 rings (SSSR count). The van der Waals surface area contributed by atoms with E-state index in [0.29, 0.717) is 16.7 Å². The fourth-order valence-corrected chi connectivity index (χ4v) is 1.73. The van der Waals surface area contributed by atoms with E-state index >= 15 is 0 Å². The van der Waals surface area contributed by atoms with Crippen molar-refractivity contribution in [2.45, 2.75) is 13.8 Å². The van der Waals surface area contributed by atoms with Crippen molar-refractivity contribution >= 4 is 23.2 Å². The van der Waals surface area contributed by atoms with Crippen molar-refractivity contribution in [1.29, 1.82) is 0 Å². The third kappa shape index (κ3) is 3.08. The molecular weight excluding hydrogens is 259 g/mol. The highest BCUT2D eigenvalue weighted by molar-refractivity contribution is 6.32. The fraction of sp³-hybridized carbons (Fsp3) is 0.167. The molecule has 0 saturated heterocycles. The predicted octanol–water partition coefficient (Wildman–Crippen LogP) is 4.19. The summed E-state index contributed by atoms with van der Waals surface area (Å²) in [4.78, 5) is 7.93. The van der Waals surface area contributed by atoms with Crippen molar-refractivity contribution in [3.63, 3.8) is 0 Å². The normalized spacial score (nSPS) is 10.4. The minimum absolute atomic E-state index is 0.156. The van der Waals surface area contributed by atoms with E-state index in [1.54, 1.807) is 12.1 Å². The number of hydrogen-bond acceptors (Lipinski definition) is 3. The van der Waals surface area contributed by atoms with Gasteiger partial charge in [-0.2, -0.15) is 4.98 Å². The van der Waals surface area contributed by atoms with Crippen LogP contribution in [0.3, 0.4) is 0 Å². The second-order valence-electron chi connectivity index (χ2n) is 3.65. The van der Waals surface area contributed by atoms with Gasteiger partial charge in [0.2, 0.25) is 11.2 Å². The molecule has 0 fully saturated rings. The highest BCUT2D eigenvalue weighted by Crippen LogP contribution is 2.29. The third-order valence-corrected chi connectivity index (χ3v) is 2.59. The van der Waals surface area contributed by atoms with Gasteiger partial charge in [-0.15, -0.1) is 0 Å². The van der Waals surface area contributed by atoms with E-state index in [-0.39, 0.29) is 5.28 Å². The highest BCUT2D eigenvalue weighted by Gasteiger charge is 2.06. The Morgan fingerprint density at radius 2 is 1.82 bits per heavy atom. The zero-order valence-electron chi connectivity index (χ0n) is 9.37. The molecule has 1 aromatic heterocycles. The van der Waals surface area contributed by atoms with Gasteiger partial charge < -0.3 is 4.74 Å². The summed E-state index contributed by atoms with van der Waals surface area (Å²) < 4.78 is 5.58. The number of rotatable bonds is 2. The van der Waals surface area contributed by atoms with Crippen LogP contribution in [0.25, 0.3) is 0 Å². The molecule has 0 radical (unpaired) electrons. The topological polar surface area (TPSA) is 35.0 Å². The van der Waals surface area contributed by atoms with Crippen LogP contribution in [0.15, 0.2) is 24.3 Å². The summed E-state index contributed by atoms with van der Waals surface area (Å²) in [6, 6.07) is 7.23. The summed E-state index contributed by atoms with van der Waals surface area (Å²) in [5, 5.41) is 0.687. The van der Waals surface area contributed by atoms with Crippen LogP contribution in [0.5, 0.6) is 11.6 Å². The van der Waals surface area contributed by atoms with Gasteiger partial charge in [-0.25, -0.2) is 4.98 Å². The van der Waals surface area contributed by atoms with Crippen LogP contribution in [0.1, 0.15) is 11.3 Å². The Balaban J connectivity index is 2.34. The van der Waals surface area contributed by atoms with Crippen molar-refractivity contribution in [2.24, 2.45) is 0 Å². The SMILES string of the molecule is Cc1ccc(Cl)c(Oc2cc(C)nc(Cl)n2)c1. The largest absolute Gasteiger partial charge is 0.437 e. The third-order valence-electron chi connectivity index (χ3n) is 2.10. The zero-order chi connectivity index (χ0) is 12.4. The number of nitrogens with zero attached hydrogens (tertiary/aromatic N) is 2. The monoisotopic (exact) mass is 268 g/mol. The van der Waals surface area contributed by atoms with Gasteiger partial charge in [0.25, 0.3) is 0 Å². The molecule has 0 N–H and O–H groups in total. The highest BCUT2D eigenvalue weighted by atomic mass is 35.5. The number of hydrogen-bond donors (Lipinski definition) is 0. The summed E-state index contributed by atoms with van der Waals surface area (Å²) in [6.45, 7) is 3.78. The maximum atomic E-state index is 6.02. The average Bonchev–Trinajstić information content (AvgIpc) is 2.22. The van der Waals surface area contributed by atoms with Crippen LogP contribution >= 0.6 is 23.2 Å². The van der Waals surface area contributed by atoms with Gasteiger partial charge in [-0.1, -0.05) is 17.7 Å². The average molecular weight is 269 g/mol. The first-order valence-electron chi connectivity index (χ1n) is 5.00. The van der Waals surface area contributed by atoms with Crippen LogP contribution in [0, 0.1) is 13.8 Å². The molecule has 0 unspecified atom stereocenters. The summed E-state index contributed by atoms with van der Waals surface area (Å²) in [7, 11) is 0. The molecule has 2 aromatic rings. The molecular formula is C12H10Cl2N2O. The summed E-state index contributed by atoms with van der Waals surface area (Å²) in [5.41, 5.74) is 1.80. The van der Waals surface area contributed by atoms with Gasteiger partial charge in [-0.3, -0.25) is 0 Å². The van der Waals surface area contributed by atoms with Crippen LogP contribution in [0.4, 0.5) is 0 Å². The van der Waals surface area contributed by atoms with E-state index in [9.17, 15) is 0 Å². The van der Waals surface area contributed by atoms with E-state index < -0.39 is 0 Å². The molecule has 0 spiro atoms. The zero-order valence-corrected chi connectivity index (χ0v) is 10.9. The van der Waals surface area contributed by atoms with Crippen LogP contribution in [-0.2, 0) is 0 Å². The Kier molecular flexibility index (Phi) is 3.50. The Labute approximate surface area is 109 Å². The molecule has 1 heterocycles. The number of aromatic nitrogens is 2. The molecule has 0 aliphatic carbocycles. The number of ether oxygens (including phenoxy) is 1. The molecule has 0 amide bonds. The molecule has 88 valence electrons. The van der Waals surface area contributed by atoms with Gasteiger partial charge >= 0.3 is 0 Å². The van der Waals surface area contributed by atoms with Crippen LogP contribution in [0.2, 0.25) is 10.3 Å². The molecule has 1 aromatic carbocycles. The molecule has 17 heavy (non-hydrogen) atoms. The van der Waals surface area contributed by atoms with Crippen molar-refractivity contribution in [2.75, 3.05) is 0 Å². The molecule has 0 saturated carbocycles. The standard InChI is InChI=1S/C12H10Cl2N2O/c1-7-3-4-9(13)10(5-7)17-11-6-8(2)15-12(14)16-11/h3-6H,1-2H3. The van der Waals surface area contributed by atoms with E-state index in [1.165, 1.54) is 0 Å². The summed E-state index contributed by atoms with van der Waals surface area (Å²) in [5.74, 6) is 0.941. The number of halogens is 2. The Bertz CT molecular complexity index is 538. The molecule has 5 heteroatoms. The Hall–Kier alpha value is -1.32. The molecule has 0 bridgehead atoms. The van der Waals surface area contributed by atoms with Gasteiger partial charge in [0.05, 0.1) is 5.02 Å². The van der Waals surface area contributed by atoms with Crippen LogP contribution in [-0.4, -0.2) is 9.97 Å². The van der Waals surface area contributed by atoms with Crippen LogP contribution < -0.4 is 4.74 Å². The number of benzene rings is 1. The van der Waals surface area contributed by atoms with E-state index in [1.807, 2.05) is 26.0 Å². The first-order valence-corrected chi connectivity index (χ1v) is 5.75. The second-order valence-corrected chi connectivity index (χ2v) is 4.40. The van der Waals surface area contributed by atoms with Gasteiger partial charge in [0.1, 0.15) is 5.75 Å². The van der Waals surface area contributed by atoms with Crippen molar-refractivity contribution in [3.05, 3.63) is 45.8 Å². The molecule has 0 atom stereocenters. The smallest absolute Gasteiger partial charge is 0.225 e. The van der Waals surface area contributed by atoms with Gasteiger partial charge in [-0.05, 0) is 43.1 Å². The number of aryl methyl sites for hydroxylation is 2. The van der Waals surface area contributed by atoms with E-state index in [4.69, 9.17) is 27.9 Å². The van der Waals surface area contributed by atoms with Crippen molar-refractivity contribution in [1.82, 2.24) is 9.97 Å². The fourth-order valence-electron chi connectivity index (χ4n) is 1.36. The predicted molar refractivity (Wildman–Crippen MR) is 68.0 cm³/mol. The minimum atomic E-state index is 0.156. The summed E-state index contributed by atoms with van der Waals surface area (Å²) >= 11 is 11.8. The second kappa shape index (κ2) is 4.90. The van der Waals surface area contributed by atoms with Crippen molar-refractivity contribution in [3.8, 4) is 11.6 Å². The first-order chi connectivity index (χ1) is 8.04. The molecule has 3 nitrogen and oxygen atoms in total. The maximum Gasteiger partial charge on any atom is 0.225 e. The summed E-state index contributed by atoms with van der Waals surface area (Å²) in [6.07, 6.45) is 0. The Morgan fingerprint density at radius 3 is 2.53 bits per heavy atom. The lowest BCUT2D eigenvalue weighted by atomic mass is 10.2. The van der Waals surface area contributed by atoms with Gasteiger partial charge in [0.15, 0.2) is 0 Å². The lowest BCUT2D eigenvalue weighted by Gasteiger charge is -2.08. The first kappa shape index (κ1) is 12.1. The minimum Gasteiger partial charge on any atom is -0.437 e. The quantitative estimate of drug-likeness (QED) is 0.766. The van der Waals surface area contributed by atoms with E-state index in [0.717, 1.165) is 11.3 Å².